The number of alkyl carbamates (subject to hydrolysis) is 1. The van der Waals surface area contributed by atoms with Gasteiger partial charge in [-0.15, -0.1) is 0 Å². The monoisotopic (exact) mass is 462 g/mol. The number of non-ortho nitro benzene ring substituents is 1. The number of methoxy groups -OCH3 is 1. The van der Waals surface area contributed by atoms with Gasteiger partial charge in [0.2, 0.25) is 0 Å². The second-order valence-electron chi connectivity index (χ2n) is 7.99. The van der Waals surface area contributed by atoms with Crippen LogP contribution in [0.4, 0.5) is 10.5 Å². The lowest BCUT2D eigenvalue weighted by Gasteiger charge is -2.22. The fraction of sp³-hybridized carbons (Fsp3) is 0.435. The fourth-order valence-electron chi connectivity index (χ4n) is 2.57. The zero-order valence-corrected chi connectivity index (χ0v) is 19.2. The number of carbonyl (C=O) groups is 3. The Morgan fingerprint density at radius 3 is 2.33 bits per heavy atom. The molecule has 180 valence electrons. The summed E-state index contributed by atoms with van der Waals surface area (Å²) in [4.78, 5) is 46.2. The molecule has 0 saturated heterocycles. The number of hydrogen-bond acceptors (Lipinski definition) is 8. The molecule has 1 rings (SSSR count). The smallest absolute Gasteiger partial charge is 0.408 e. The highest BCUT2D eigenvalue weighted by molar-refractivity contribution is 5.89. The van der Waals surface area contributed by atoms with Crippen molar-refractivity contribution in [3.05, 3.63) is 64.8 Å². The van der Waals surface area contributed by atoms with E-state index < -0.39 is 40.7 Å². The highest BCUT2D eigenvalue weighted by Gasteiger charge is 2.24. The van der Waals surface area contributed by atoms with Gasteiger partial charge in [-0.3, -0.25) is 10.1 Å². The topological polar surface area (TPSA) is 134 Å². The molecule has 0 aliphatic heterocycles. The molecule has 0 saturated carbocycles. The van der Waals surface area contributed by atoms with Crippen molar-refractivity contribution in [2.24, 2.45) is 0 Å². The molecular formula is C23H30N2O8. The standard InChI is InChI=1S/C23H30N2O8/c1-6-18(32-20(26)16-12-14-17(15-13-16)25(29)30)10-8-7-9-11-19(21(27)31-5)24-22(28)33-23(2,3)4/h6-7,9,12-15,18-19H,1,8,10-11H2,2-5H3,(H,24,28)/b9-7+/t18-,19-/m0/s1. The summed E-state index contributed by atoms with van der Waals surface area (Å²) < 4.78 is 15.2. The molecule has 2 atom stereocenters. The highest BCUT2D eigenvalue weighted by atomic mass is 16.6. The van der Waals surface area contributed by atoms with E-state index in [9.17, 15) is 24.5 Å². The van der Waals surface area contributed by atoms with E-state index in [1.807, 2.05) is 0 Å². The number of hydrogen-bond donors (Lipinski definition) is 1. The summed E-state index contributed by atoms with van der Waals surface area (Å²) >= 11 is 0. The Kier molecular flexibility index (Phi) is 10.8. The number of nitrogens with one attached hydrogen (secondary N) is 1. The van der Waals surface area contributed by atoms with Crippen LogP contribution in [-0.2, 0) is 19.0 Å². The van der Waals surface area contributed by atoms with Crippen molar-refractivity contribution in [3.63, 3.8) is 0 Å². The van der Waals surface area contributed by atoms with E-state index in [2.05, 4.69) is 11.9 Å². The van der Waals surface area contributed by atoms with Crippen molar-refractivity contribution in [1.29, 1.82) is 0 Å². The average molecular weight is 462 g/mol. The Hall–Kier alpha value is -3.69. The summed E-state index contributed by atoms with van der Waals surface area (Å²) in [6.07, 6.45) is 4.79. The first-order valence-electron chi connectivity index (χ1n) is 10.3. The third-order valence-electron chi connectivity index (χ3n) is 4.17. The van der Waals surface area contributed by atoms with Gasteiger partial charge in [0, 0.05) is 12.1 Å². The molecule has 0 bridgehead atoms. The van der Waals surface area contributed by atoms with E-state index >= 15 is 0 Å². The van der Waals surface area contributed by atoms with Crippen molar-refractivity contribution in [3.8, 4) is 0 Å². The van der Waals surface area contributed by atoms with E-state index in [0.29, 0.717) is 12.8 Å². The first-order valence-corrected chi connectivity index (χ1v) is 10.3. The molecule has 0 fully saturated rings. The predicted molar refractivity (Wildman–Crippen MR) is 121 cm³/mol. The third kappa shape index (κ3) is 10.4. The number of nitro groups is 1. The third-order valence-corrected chi connectivity index (χ3v) is 4.17. The molecule has 0 unspecified atom stereocenters. The zero-order chi connectivity index (χ0) is 25.0. The summed E-state index contributed by atoms with van der Waals surface area (Å²) in [6.45, 7) is 8.79. The Morgan fingerprint density at radius 2 is 1.82 bits per heavy atom. The summed E-state index contributed by atoms with van der Waals surface area (Å²) in [6, 6.07) is 4.20. The van der Waals surface area contributed by atoms with E-state index in [1.54, 1.807) is 32.9 Å². The summed E-state index contributed by atoms with van der Waals surface area (Å²) in [5.74, 6) is -1.22. The molecule has 0 aromatic heterocycles. The Balaban J connectivity index is 2.56. The zero-order valence-electron chi connectivity index (χ0n) is 19.2. The van der Waals surface area contributed by atoms with Crippen LogP contribution in [0.15, 0.2) is 49.1 Å². The summed E-state index contributed by atoms with van der Waals surface area (Å²) in [5, 5.41) is 13.2. The predicted octanol–water partition coefficient (Wildman–Crippen LogP) is 4.10. The molecule has 1 aromatic rings. The van der Waals surface area contributed by atoms with Crippen LogP contribution in [0, 0.1) is 10.1 Å². The molecule has 0 spiro atoms. The average Bonchev–Trinajstić information content (AvgIpc) is 2.75. The molecule has 0 heterocycles. The molecule has 1 N–H and O–H groups in total. The lowest BCUT2D eigenvalue weighted by Crippen LogP contribution is -2.43. The van der Waals surface area contributed by atoms with Crippen molar-refractivity contribution in [2.75, 3.05) is 7.11 Å². The Bertz CT molecular complexity index is 871. The second-order valence-corrected chi connectivity index (χ2v) is 7.99. The van der Waals surface area contributed by atoms with Crippen molar-refractivity contribution in [1.82, 2.24) is 5.32 Å². The number of rotatable bonds is 11. The SMILES string of the molecule is C=C[C@@H](CC/C=C/C[C@H](NC(=O)OC(C)(C)C)C(=O)OC)OC(=O)c1ccc([N+](=O)[O-])cc1. The molecule has 10 heteroatoms. The van der Waals surface area contributed by atoms with Gasteiger partial charge in [-0.05, 0) is 52.2 Å². The molecule has 0 aliphatic rings. The fourth-order valence-corrected chi connectivity index (χ4v) is 2.57. The first kappa shape index (κ1) is 27.3. The number of benzene rings is 1. The lowest BCUT2D eigenvalue weighted by molar-refractivity contribution is -0.384. The molecule has 0 aliphatic carbocycles. The van der Waals surface area contributed by atoms with Crippen molar-refractivity contribution >= 4 is 23.7 Å². The number of nitrogens with zero attached hydrogens (tertiary/aromatic N) is 1. The Morgan fingerprint density at radius 1 is 1.18 bits per heavy atom. The minimum Gasteiger partial charge on any atom is -0.467 e. The van der Waals surface area contributed by atoms with Gasteiger partial charge in [-0.25, -0.2) is 14.4 Å². The van der Waals surface area contributed by atoms with Crippen LogP contribution in [0.1, 0.15) is 50.4 Å². The number of ether oxygens (including phenoxy) is 3. The maximum atomic E-state index is 12.2. The maximum Gasteiger partial charge on any atom is 0.408 e. The van der Waals surface area contributed by atoms with Gasteiger partial charge in [0.1, 0.15) is 17.7 Å². The van der Waals surface area contributed by atoms with Crippen LogP contribution in [0.5, 0.6) is 0 Å². The largest absolute Gasteiger partial charge is 0.467 e. The quantitative estimate of drug-likeness (QED) is 0.171. The lowest BCUT2D eigenvalue weighted by atomic mass is 10.1. The molecular weight excluding hydrogens is 432 g/mol. The van der Waals surface area contributed by atoms with E-state index in [0.717, 1.165) is 0 Å². The van der Waals surface area contributed by atoms with Gasteiger partial charge >= 0.3 is 18.0 Å². The van der Waals surface area contributed by atoms with Gasteiger partial charge in [-0.1, -0.05) is 24.8 Å². The van der Waals surface area contributed by atoms with E-state index in [1.165, 1.54) is 37.5 Å². The Labute approximate surface area is 192 Å². The minimum absolute atomic E-state index is 0.122. The van der Waals surface area contributed by atoms with Crippen molar-refractivity contribution < 1.29 is 33.5 Å². The van der Waals surface area contributed by atoms with Gasteiger partial charge in [0.05, 0.1) is 17.6 Å². The van der Waals surface area contributed by atoms with E-state index in [-0.39, 0.29) is 17.7 Å². The number of carbonyl (C=O) groups excluding carboxylic acids is 3. The highest BCUT2D eigenvalue weighted by Crippen LogP contribution is 2.15. The minimum atomic E-state index is -0.906. The summed E-state index contributed by atoms with van der Waals surface area (Å²) in [5.41, 5.74) is -0.632. The van der Waals surface area contributed by atoms with Gasteiger partial charge in [-0.2, -0.15) is 0 Å². The molecule has 0 radical (unpaired) electrons. The molecule has 33 heavy (non-hydrogen) atoms. The van der Waals surface area contributed by atoms with Crippen LogP contribution in [0.2, 0.25) is 0 Å². The summed E-state index contributed by atoms with van der Waals surface area (Å²) in [7, 11) is 1.23. The normalized spacial score (nSPS) is 13.0. The first-order chi connectivity index (χ1) is 15.5. The molecule has 1 amide bonds. The van der Waals surface area contributed by atoms with Gasteiger partial charge in [0.15, 0.2) is 0 Å². The maximum absolute atomic E-state index is 12.2. The van der Waals surface area contributed by atoms with Crippen molar-refractivity contribution in [2.45, 2.75) is 57.8 Å². The van der Waals surface area contributed by atoms with Crippen LogP contribution in [0.3, 0.4) is 0 Å². The number of amides is 1. The molecule has 1 aromatic carbocycles. The van der Waals surface area contributed by atoms with Crippen LogP contribution in [0.25, 0.3) is 0 Å². The van der Waals surface area contributed by atoms with Crippen LogP contribution in [-0.4, -0.2) is 47.8 Å². The van der Waals surface area contributed by atoms with Crippen LogP contribution < -0.4 is 5.32 Å². The number of allylic oxidation sites excluding steroid dienone is 1. The van der Waals surface area contributed by atoms with E-state index in [4.69, 9.17) is 14.2 Å². The number of nitro benzene ring substituents is 1. The molecule has 10 nitrogen and oxygen atoms in total. The van der Waals surface area contributed by atoms with Gasteiger partial charge in [0.25, 0.3) is 5.69 Å². The van der Waals surface area contributed by atoms with Crippen LogP contribution >= 0.6 is 0 Å². The second kappa shape index (κ2) is 13.0. The van der Waals surface area contributed by atoms with Gasteiger partial charge < -0.3 is 19.5 Å². The number of esters is 2.